The summed E-state index contributed by atoms with van der Waals surface area (Å²) in [6.07, 6.45) is 0. The van der Waals surface area contributed by atoms with E-state index < -0.39 is 11.0 Å². The quantitative estimate of drug-likeness (QED) is 0.341. The fourth-order valence-electron chi connectivity index (χ4n) is 3.78. The Morgan fingerprint density at radius 3 is 2.27 bits per heavy atom. The number of carbonyl (C=O) groups is 2. The van der Waals surface area contributed by atoms with Gasteiger partial charge < -0.3 is 34.5 Å². The van der Waals surface area contributed by atoms with Gasteiger partial charge in [0.1, 0.15) is 11.5 Å². The Kier molecular flexibility index (Phi) is 9.90. The molecule has 1 aliphatic heterocycles. The van der Waals surface area contributed by atoms with E-state index in [0.29, 0.717) is 55.5 Å². The number of nitro benzene ring substituents is 1. The van der Waals surface area contributed by atoms with E-state index >= 15 is 0 Å². The molecule has 1 saturated heterocycles. The minimum atomic E-state index is -0.543. The summed E-state index contributed by atoms with van der Waals surface area (Å²) < 4.78 is 21.9. The third kappa shape index (κ3) is 7.23. The highest BCUT2D eigenvalue weighted by Gasteiger charge is 2.23. The molecule has 12 heteroatoms. The molecule has 1 aliphatic rings. The molecule has 1 heterocycles. The van der Waals surface area contributed by atoms with Gasteiger partial charge in [-0.25, -0.2) is 4.79 Å². The highest BCUT2D eigenvalue weighted by Crippen LogP contribution is 2.35. The molecule has 37 heavy (non-hydrogen) atoms. The topological polar surface area (TPSA) is 142 Å². The maximum Gasteiger partial charge on any atom is 0.319 e. The summed E-state index contributed by atoms with van der Waals surface area (Å²) >= 11 is 0. The van der Waals surface area contributed by atoms with Crippen molar-refractivity contribution in [2.45, 2.75) is 27.3 Å². The number of hydrogen-bond donors (Lipinski definition) is 2. The van der Waals surface area contributed by atoms with Crippen LogP contribution >= 0.6 is 0 Å². The van der Waals surface area contributed by atoms with Crippen LogP contribution in [0.25, 0.3) is 0 Å². The number of nitrogens with zero attached hydrogens (tertiary/aromatic N) is 2. The van der Waals surface area contributed by atoms with Gasteiger partial charge in [-0.05, 0) is 45.0 Å². The maximum absolute atomic E-state index is 13.1. The molecule has 3 amide bonds. The zero-order valence-electron chi connectivity index (χ0n) is 21.2. The minimum absolute atomic E-state index is 0.0236. The number of nitrogens with one attached hydrogen (secondary N) is 2. The average molecular weight is 517 g/mol. The van der Waals surface area contributed by atoms with Gasteiger partial charge in [-0.1, -0.05) is 0 Å². The van der Waals surface area contributed by atoms with E-state index in [4.69, 9.17) is 18.9 Å². The van der Waals surface area contributed by atoms with Gasteiger partial charge in [0.2, 0.25) is 0 Å². The predicted octanol–water partition coefficient (Wildman–Crippen LogP) is 3.59. The number of urea groups is 1. The fourth-order valence-corrected chi connectivity index (χ4v) is 3.78. The van der Waals surface area contributed by atoms with Crippen LogP contribution in [-0.2, 0) is 11.3 Å². The Morgan fingerprint density at radius 1 is 0.973 bits per heavy atom. The summed E-state index contributed by atoms with van der Waals surface area (Å²) in [4.78, 5) is 38.3. The Bertz CT molecular complexity index is 1120. The first kappa shape index (κ1) is 27.5. The van der Waals surface area contributed by atoms with Crippen molar-refractivity contribution in [3.63, 3.8) is 0 Å². The monoisotopic (exact) mass is 516 g/mol. The van der Waals surface area contributed by atoms with E-state index in [1.165, 1.54) is 12.1 Å². The second-order valence-electron chi connectivity index (χ2n) is 7.91. The molecule has 0 aromatic heterocycles. The van der Waals surface area contributed by atoms with Crippen molar-refractivity contribution in [3.8, 4) is 17.2 Å². The lowest BCUT2D eigenvalue weighted by Crippen LogP contribution is -2.40. The maximum atomic E-state index is 13.1. The van der Waals surface area contributed by atoms with Crippen LogP contribution in [0.3, 0.4) is 0 Å². The zero-order chi connectivity index (χ0) is 26.8. The van der Waals surface area contributed by atoms with Crippen molar-refractivity contribution in [1.29, 1.82) is 0 Å². The molecule has 200 valence electrons. The number of rotatable bonds is 11. The third-order valence-corrected chi connectivity index (χ3v) is 5.44. The van der Waals surface area contributed by atoms with Gasteiger partial charge in [-0.3, -0.25) is 14.9 Å². The van der Waals surface area contributed by atoms with Crippen LogP contribution in [0.2, 0.25) is 0 Å². The lowest BCUT2D eigenvalue weighted by atomic mass is 10.1. The van der Waals surface area contributed by atoms with Crippen molar-refractivity contribution < 1.29 is 33.5 Å². The van der Waals surface area contributed by atoms with E-state index in [1.54, 1.807) is 36.9 Å². The Labute approximate surface area is 215 Å². The molecular formula is C25H32N4O8. The highest BCUT2D eigenvalue weighted by molar-refractivity contribution is 5.99. The number of carbonyl (C=O) groups excluding carboxylic acids is 2. The van der Waals surface area contributed by atoms with Crippen molar-refractivity contribution in [2.75, 3.05) is 51.4 Å². The average Bonchev–Trinajstić information content (AvgIpc) is 2.89. The number of ether oxygens (including phenoxy) is 4. The van der Waals surface area contributed by atoms with Gasteiger partial charge in [-0.15, -0.1) is 0 Å². The van der Waals surface area contributed by atoms with Gasteiger partial charge in [-0.2, -0.15) is 0 Å². The van der Waals surface area contributed by atoms with Gasteiger partial charge in [0.05, 0.1) is 49.6 Å². The third-order valence-electron chi connectivity index (χ3n) is 5.44. The normalized spacial score (nSPS) is 13.0. The van der Waals surface area contributed by atoms with Gasteiger partial charge in [0, 0.05) is 30.9 Å². The van der Waals surface area contributed by atoms with E-state index in [2.05, 4.69) is 10.6 Å². The van der Waals surface area contributed by atoms with Gasteiger partial charge in [0.15, 0.2) is 5.75 Å². The van der Waals surface area contributed by atoms with Crippen LogP contribution in [0.15, 0.2) is 30.3 Å². The molecule has 1 fully saturated rings. The lowest BCUT2D eigenvalue weighted by molar-refractivity contribution is -0.385. The molecular weight excluding hydrogens is 484 g/mol. The number of nitro groups is 1. The summed E-state index contributed by atoms with van der Waals surface area (Å²) in [7, 11) is 0. The summed E-state index contributed by atoms with van der Waals surface area (Å²) in [5.74, 6) is 0.593. The van der Waals surface area contributed by atoms with Crippen molar-refractivity contribution in [3.05, 3.63) is 51.6 Å². The van der Waals surface area contributed by atoms with Crippen molar-refractivity contribution in [2.24, 2.45) is 0 Å². The molecule has 0 bridgehead atoms. The zero-order valence-corrected chi connectivity index (χ0v) is 21.2. The first-order valence-corrected chi connectivity index (χ1v) is 12.1. The lowest BCUT2D eigenvalue weighted by Gasteiger charge is -2.27. The molecule has 0 atom stereocenters. The molecule has 2 N–H and O–H groups in total. The van der Waals surface area contributed by atoms with E-state index in [9.17, 15) is 19.7 Å². The number of benzene rings is 2. The summed E-state index contributed by atoms with van der Waals surface area (Å²) in [6, 6.07) is 7.11. The Morgan fingerprint density at radius 2 is 1.62 bits per heavy atom. The molecule has 2 aromatic rings. The van der Waals surface area contributed by atoms with Crippen LogP contribution in [0, 0.1) is 10.1 Å². The number of morpholine rings is 1. The van der Waals surface area contributed by atoms with Crippen molar-refractivity contribution in [1.82, 2.24) is 10.2 Å². The van der Waals surface area contributed by atoms with Gasteiger partial charge in [0.25, 0.3) is 5.91 Å². The summed E-state index contributed by atoms with van der Waals surface area (Å²) in [5.41, 5.74) is 1.05. The summed E-state index contributed by atoms with van der Waals surface area (Å²) in [5, 5.41) is 16.9. The largest absolute Gasteiger partial charge is 0.493 e. The number of anilines is 1. The fraction of sp³-hybridized carbons (Fsp3) is 0.440. The summed E-state index contributed by atoms with van der Waals surface area (Å²) in [6.45, 7) is 8.13. The SMILES string of the molecule is CCOc1cc([N+](=O)[O-])c(OCC)cc1CNC(=O)Nc1ccc(OCC)c(C(=O)N2CCOCC2)c1. The molecule has 0 unspecified atom stereocenters. The number of amides is 3. The van der Waals surface area contributed by atoms with Crippen LogP contribution in [0.5, 0.6) is 17.2 Å². The van der Waals surface area contributed by atoms with E-state index in [1.807, 2.05) is 6.92 Å². The minimum Gasteiger partial charge on any atom is -0.493 e. The Balaban J connectivity index is 1.75. The molecule has 0 aliphatic carbocycles. The molecule has 0 saturated carbocycles. The molecule has 0 spiro atoms. The second kappa shape index (κ2) is 13.3. The number of hydrogen-bond acceptors (Lipinski definition) is 8. The van der Waals surface area contributed by atoms with E-state index in [-0.39, 0.29) is 42.9 Å². The molecule has 0 radical (unpaired) electrons. The molecule has 12 nitrogen and oxygen atoms in total. The first-order chi connectivity index (χ1) is 17.9. The van der Waals surface area contributed by atoms with Crippen molar-refractivity contribution >= 4 is 23.3 Å². The van der Waals surface area contributed by atoms with Gasteiger partial charge >= 0.3 is 11.7 Å². The van der Waals surface area contributed by atoms with Crippen LogP contribution < -0.4 is 24.8 Å². The first-order valence-electron chi connectivity index (χ1n) is 12.1. The smallest absolute Gasteiger partial charge is 0.319 e. The molecule has 2 aromatic carbocycles. The Hall–Kier alpha value is -4.06. The second-order valence-corrected chi connectivity index (χ2v) is 7.91. The highest BCUT2D eigenvalue weighted by atomic mass is 16.6. The van der Waals surface area contributed by atoms with Crippen LogP contribution in [0.4, 0.5) is 16.2 Å². The standard InChI is InChI=1S/C25H32N4O8/c1-4-35-21-8-7-18(14-19(21)24(30)28-9-11-34-12-10-28)27-25(31)26-16-17-13-23(37-6-3)20(29(32)33)15-22(17)36-5-2/h7-8,13-15H,4-6,9-12,16H2,1-3H3,(H2,26,27,31). The van der Waals surface area contributed by atoms with E-state index in [0.717, 1.165) is 0 Å². The van der Waals surface area contributed by atoms with Crippen LogP contribution in [-0.4, -0.2) is 67.9 Å². The van der Waals surface area contributed by atoms with Crippen LogP contribution in [0.1, 0.15) is 36.7 Å². The predicted molar refractivity (Wildman–Crippen MR) is 136 cm³/mol. The molecule has 3 rings (SSSR count).